The first-order chi connectivity index (χ1) is 13.2. The van der Waals surface area contributed by atoms with Crippen molar-refractivity contribution in [2.45, 2.75) is 13.5 Å². The molecule has 0 atom stereocenters. The van der Waals surface area contributed by atoms with Gasteiger partial charge in [0.1, 0.15) is 0 Å². The molecule has 2 aromatic carbocycles. The Morgan fingerprint density at radius 3 is 2.74 bits per heavy atom. The predicted molar refractivity (Wildman–Crippen MR) is 106 cm³/mol. The number of carbonyl (C=O) groups is 1. The number of amides is 1. The van der Waals surface area contributed by atoms with E-state index in [-0.39, 0.29) is 11.7 Å². The molecule has 0 fully saturated rings. The number of aromatic nitrogens is 1. The predicted octanol–water partition coefficient (Wildman–Crippen LogP) is 4.35. The molecular weight excluding hydrogens is 338 g/mol. The fourth-order valence-electron chi connectivity index (χ4n) is 3.10. The monoisotopic (exact) mass is 357 g/mol. The van der Waals surface area contributed by atoms with Crippen molar-refractivity contribution in [3.63, 3.8) is 0 Å². The topological polar surface area (TPSA) is 59.5 Å². The van der Waals surface area contributed by atoms with Crippen LogP contribution >= 0.6 is 0 Å². The van der Waals surface area contributed by atoms with E-state index in [1.54, 1.807) is 18.3 Å². The maximum Gasteiger partial charge on any atom is 0.307 e. The van der Waals surface area contributed by atoms with E-state index in [4.69, 9.17) is 4.42 Å². The van der Waals surface area contributed by atoms with E-state index in [9.17, 15) is 4.79 Å². The standard InChI is InChI=1S/C22H19N3O2/c1-16-7-2-3-8-17(16)14-25-15-18(19-9-4-5-10-20(19)25)13-23-24-22(26)21-11-6-12-27-21/h2-13,15H,14H2,1H3,(H,24,26)/b23-13-. The maximum absolute atomic E-state index is 11.9. The Bertz CT molecular complexity index is 1110. The summed E-state index contributed by atoms with van der Waals surface area (Å²) in [7, 11) is 0. The molecule has 27 heavy (non-hydrogen) atoms. The van der Waals surface area contributed by atoms with Gasteiger partial charge in [-0.15, -0.1) is 0 Å². The fraction of sp³-hybridized carbons (Fsp3) is 0.0909. The molecule has 1 amide bonds. The molecule has 0 unspecified atom stereocenters. The van der Waals surface area contributed by atoms with Crippen molar-refractivity contribution >= 4 is 23.0 Å². The summed E-state index contributed by atoms with van der Waals surface area (Å²) in [6.45, 7) is 2.90. The molecule has 2 aromatic heterocycles. The van der Waals surface area contributed by atoms with Crippen molar-refractivity contribution in [1.29, 1.82) is 0 Å². The van der Waals surface area contributed by atoms with Crippen LogP contribution in [0.15, 0.2) is 82.6 Å². The number of aryl methyl sites for hydroxylation is 1. The average Bonchev–Trinajstić information content (AvgIpc) is 3.33. The van der Waals surface area contributed by atoms with E-state index < -0.39 is 0 Å². The molecule has 0 radical (unpaired) electrons. The maximum atomic E-state index is 11.9. The second-order valence-electron chi connectivity index (χ2n) is 6.33. The van der Waals surface area contributed by atoms with Crippen LogP contribution in [-0.4, -0.2) is 16.7 Å². The van der Waals surface area contributed by atoms with E-state index in [0.717, 1.165) is 23.0 Å². The lowest BCUT2D eigenvalue weighted by Gasteiger charge is -2.08. The lowest BCUT2D eigenvalue weighted by molar-refractivity contribution is 0.0927. The smallest absolute Gasteiger partial charge is 0.307 e. The van der Waals surface area contributed by atoms with Crippen molar-refractivity contribution in [1.82, 2.24) is 9.99 Å². The fourth-order valence-corrected chi connectivity index (χ4v) is 3.10. The molecule has 5 nitrogen and oxygen atoms in total. The molecule has 4 rings (SSSR count). The molecule has 134 valence electrons. The number of para-hydroxylation sites is 1. The second kappa shape index (κ2) is 7.33. The summed E-state index contributed by atoms with van der Waals surface area (Å²) in [5.41, 5.74) is 7.09. The van der Waals surface area contributed by atoms with Crippen LogP contribution in [0, 0.1) is 6.92 Å². The average molecular weight is 357 g/mol. The third-order valence-corrected chi connectivity index (χ3v) is 4.54. The van der Waals surface area contributed by atoms with Crippen LogP contribution in [0.3, 0.4) is 0 Å². The molecule has 0 bridgehead atoms. The first-order valence-corrected chi connectivity index (χ1v) is 8.71. The highest BCUT2D eigenvalue weighted by Crippen LogP contribution is 2.22. The number of furan rings is 1. The molecule has 0 saturated carbocycles. The number of hydrogen-bond donors (Lipinski definition) is 1. The number of nitrogens with zero attached hydrogens (tertiary/aromatic N) is 2. The van der Waals surface area contributed by atoms with E-state index >= 15 is 0 Å². The van der Waals surface area contributed by atoms with E-state index in [2.05, 4.69) is 58.5 Å². The number of rotatable bonds is 5. The van der Waals surface area contributed by atoms with Gasteiger partial charge in [0.25, 0.3) is 0 Å². The zero-order chi connectivity index (χ0) is 18.6. The summed E-state index contributed by atoms with van der Waals surface area (Å²) >= 11 is 0. The Hall–Kier alpha value is -3.60. The molecule has 0 saturated heterocycles. The highest BCUT2D eigenvalue weighted by atomic mass is 16.3. The highest BCUT2D eigenvalue weighted by molar-refractivity contribution is 6.00. The quantitative estimate of drug-likeness (QED) is 0.426. The normalized spacial score (nSPS) is 11.3. The largest absolute Gasteiger partial charge is 0.459 e. The number of hydrogen-bond acceptors (Lipinski definition) is 3. The van der Waals surface area contributed by atoms with Crippen LogP contribution in [0.4, 0.5) is 0 Å². The Labute approximate surface area is 156 Å². The number of fused-ring (bicyclic) bond motifs is 1. The lowest BCUT2D eigenvalue weighted by Crippen LogP contribution is -2.16. The lowest BCUT2D eigenvalue weighted by atomic mass is 10.1. The SMILES string of the molecule is Cc1ccccc1Cn1cc(/C=N\NC(=O)c2ccco2)c2ccccc21. The van der Waals surface area contributed by atoms with Crippen LogP contribution in [0.5, 0.6) is 0 Å². The third-order valence-electron chi connectivity index (χ3n) is 4.54. The minimum absolute atomic E-state index is 0.231. The van der Waals surface area contributed by atoms with Crippen LogP contribution < -0.4 is 5.43 Å². The van der Waals surface area contributed by atoms with Crippen molar-refractivity contribution in [2.75, 3.05) is 0 Å². The van der Waals surface area contributed by atoms with Gasteiger partial charge in [-0.25, -0.2) is 5.43 Å². The summed E-state index contributed by atoms with van der Waals surface area (Å²) in [5, 5.41) is 5.17. The molecule has 0 aliphatic rings. The second-order valence-corrected chi connectivity index (χ2v) is 6.33. The summed E-state index contributed by atoms with van der Waals surface area (Å²) < 4.78 is 7.26. The number of hydrazone groups is 1. The van der Waals surface area contributed by atoms with Gasteiger partial charge in [0.2, 0.25) is 0 Å². The van der Waals surface area contributed by atoms with Gasteiger partial charge >= 0.3 is 5.91 Å². The van der Waals surface area contributed by atoms with Gasteiger partial charge in [-0.2, -0.15) is 5.10 Å². The molecule has 1 N–H and O–H groups in total. The Kier molecular flexibility index (Phi) is 4.58. The zero-order valence-electron chi connectivity index (χ0n) is 14.9. The molecule has 0 aliphatic heterocycles. The number of carbonyl (C=O) groups excluding carboxylic acids is 1. The van der Waals surface area contributed by atoms with Crippen LogP contribution in [0.25, 0.3) is 10.9 Å². The van der Waals surface area contributed by atoms with Crippen molar-refractivity contribution in [2.24, 2.45) is 5.10 Å². The van der Waals surface area contributed by atoms with E-state index in [1.807, 2.05) is 18.2 Å². The minimum atomic E-state index is -0.375. The summed E-state index contributed by atoms with van der Waals surface area (Å²) in [6.07, 6.45) is 5.18. The summed E-state index contributed by atoms with van der Waals surface area (Å²) in [6, 6.07) is 19.8. The van der Waals surface area contributed by atoms with Crippen molar-refractivity contribution in [3.05, 3.63) is 95.6 Å². The first kappa shape index (κ1) is 16.8. The number of nitrogens with one attached hydrogen (secondary N) is 1. The van der Waals surface area contributed by atoms with Crippen LogP contribution in [0.1, 0.15) is 27.2 Å². The molecule has 5 heteroatoms. The van der Waals surface area contributed by atoms with Crippen molar-refractivity contribution < 1.29 is 9.21 Å². The summed E-state index contributed by atoms with van der Waals surface area (Å²) in [5.74, 6) is -0.144. The number of benzene rings is 2. The Morgan fingerprint density at radius 1 is 1.11 bits per heavy atom. The first-order valence-electron chi connectivity index (χ1n) is 8.71. The van der Waals surface area contributed by atoms with Gasteiger partial charge in [0, 0.05) is 29.2 Å². The third kappa shape index (κ3) is 3.53. The van der Waals surface area contributed by atoms with Gasteiger partial charge in [-0.1, -0.05) is 42.5 Å². The highest BCUT2D eigenvalue weighted by Gasteiger charge is 2.09. The molecule has 4 aromatic rings. The molecule has 0 aliphatic carbocycles. The Balaban J connectivity index is 1.61. The van der Waals surface area contributed by atoms with Gasteiger partial charge in [-0.05, 0) is 36.2 Å². The van der Waals surface area contributed by atoms with Crippen molar-refractivity contribution in [3.8, 4) is 0 Å². The molecule has 2 heterocycles. The van der Waals surface area contributed by atoms with Gasteiger partial charge in [0.05, 0.1) is 12.5 Å². The van der Waals surface area contributed by atoms with E-state index in [0.29, 0.717) is 0 Å². The molecular formula is C22H19N3O2. The van der Waals surface area contributed by atoms with E-state index in [1.165, 1.54) is 17.4 Å². The van der Waals surface area contributed by atoms with Gasteiger partial charge in [-0.3, -0.25) is 4.79 Å². The summed E-state index contributed by atoms with van der Waals surface area (Å²) in [4.78, 5) is 11.9. The van der Waals surface area contributed by atoms with Gasteiger partial charge < -0.3 is 8.98 Å². The zero-order valence-corrected chi connectivity index (χ0v) is 14.9. The Morgan fingerprint density at radius 2 is 1.93 bits per heavy atom. The van der Waals surface area contributed by atoms with Gasteiger partial charge in [0.15, 0.2) is 5.76 Å². The molecule has 0 spiro atoms. The van der Waals surface area contributed by atoms with Crippen LogP contribution in [0.2, 0.25) is 0 Å². The minimum Gasteiger partial charge on any atom is -0.459 e. The van der Waals surface area contributed by atoms with Crippen LogP contribution in [-0.2, 0) is 6.54 Å².